The summed E-state index contributed by atoms with van der Waals surface area (Å²) in [4.78, 5) is 23.2. The van der Waals surface area contributed by atoms with Crippen molar-refractivity contribution in [1.29, 1.82) is 0 Å². The average molecular weight is 918 g/mol. The highest BCUT2D eigenvalue weighted by Crippen LogP contribution is 3.00. The van der Waals surface area contributed by atoms with E-state index in [9.17, 15) is 9.59 Å². The van der Waals surface area contributed by atoms with Gasteiger partial charge in [-0.15, -0.1) is 0 Å². The van der Waals surface area contributed by atoms with Crippen LogP contribution in [0.25, 0.3) is 0 Å². The molecule has 16 aliphatic rings. The molecule has 0 heterocycles. The molecule has 16 aliphatic carbocycles. The van der Waals surface area contributed by atoms with Gasteiger partial charge in [0.05, 0.1) is 6.61 Å². The van der Waals surface area contributed by atoms with Gasteiger partial charge in [0.15, 0.2) is 5.78 Å². The predicted octanol–water partition coefficient (Wildman–Crippen LogP) is 17.1. The Labute approximate surface area is 411 Å². The summed E-state index contributed by atoms with van der Waals surface area (Å²) in [6.45, 7) is 43.6. The fourth-order valence-electron chi connectivity index (χ4n) is 22.9. The van der Waals surface area contributed by atoms with Gasteiger partial charge in [0.1, 0.15) is 0 Å². The lowest BCUT2D eigenvalue weighted by atomic mass is 9.44. The Morgan fingerprint density at radius 1 is 0.657 bits per heavy atom. The van der Waals surface area contributed by atoms with Crippen LogP contribution in [0.1, 0.15) is 233 Å². The maximum absolute atomic E-state index is 11.9. The number of carbonyl (C=O) groups excluding carboxylic acids is 2. The molecule has 0 aromatic rings. The summed E-state index contributed by atoms with van der Waals surface area (Å²) in [6, 6.07) is 0. The van der Waals surface area contributed by atoms with Gasteiger partial charge in [0.2, 0.25) is 0 Å². The SMILES string of the molecule is C=C1C2CC[C@H]3C[C@H]2C(C)(C)CCC[C@@]13C.CC(=O)OCC1CCC(C)(C)C23CC4CC2C13C4(C)C.CC1(C)C2=CC(=O)CC(C)(C)C23CCC1C3.CC1(C)C2=CCCC(C)(C)C23CCC1C3. The minimum absolute atomic E-state index is 0.111. The number of esters is 1. The number of hydrogen-bond acceptors (Lipinski definition) is 3. The van der Waals surface area contributed by atoms with E-state index in [4.69, 9.17) is 4.74 Å². The topological polar surface area (TPSA) is 43.4 Å². The fourth-order valence-corrected chi connectivity index (χ4v) is 22.9. The molecule has 0 radical (unpaired) electrons. The van der Waals surface area contributed by atoms with Gasteiger partial charge in [-0.05, 0) is 222 Å². The van der Waals surface area contributed by atoms with Crippen molar-refractivity contribution in [3.63, 3.8) is 0 Å². The van der Waals surface area contributed by atoms with Crippen molar-refractivity contribution in [2.24, 2.45) is 112 Å². The lowest BCUT2D eigenvalue weighted by Crippen LogP contribution is -2.51. The second-order valence-electron chi connectivity index (χ2n) is 31.3. The molecule has 10 unspecified atom stereocenters. The van der Waals surface area contributed by atoms with Crippen LogP contribution in [0.3, 0.4) is 0 Å². The summed E-state index contributed by atoms with van der Waals surface area (Å²) in [6.07, 6.45) is 30.6. The van der Waals surface area contributed by atoms with E-state index in [1.165, 1.54) is 121 Å². The number of ether oxygens (including phenoxy) is 1. The van der Waals surface area contributed by atoms with Gasteiger partial charge >= 0.3 is 5.97 Å². The molecule has 3 heteroatoms. The van der Waals surface area contributed by atoms with Gasteiger partial charge in [0, 0.05) is 19.3 Å². The van der Waals surface area contributed by atoms with Crippen LogP contribution >= 0.6 is 0 Å². The van der Waals surface area contributed by atoms with Crippen LogP contribution < -0.4 is 0 Å². The Morgan fingerprint density at radius 2 is 1.28 bits per heavy atom. The van der Waals surface area contributed by atoms with E-state index in [1.54, 1.807) is 12.5 Å². The van der Waals surface area contributed by atoms with Crippen molar-refractivity contribution in [3.05, 3.63) is 35.5 Å². The van der Waals surface area contributed by atoms with Crippen molar-refractivity contribution >= 4 is 11.8 Å². The molecule has 374 valence electrons. The lowest BCUT2D eigenvalue weighted by molar-refractivity contribution is -0.145. The van der Waals surface area contributed by atoms with Crippen LogP contribution in [0, 0.1) is 112 Å². The van der Waals surface area contributed by atoms with Crippen molar-refractivity contribution in [1.82, 2.24) is 0 Å². The Morgan fingerprint density at radius 3 is 1.88 bits per heavy atom. The van der Waals surface area contributed by atoms with E-state index in [-0.39, 0.29) is 16.8 Å². The molecule has 0 aromatic carbocycles. The fraction of sp³-hybridized carbons (Fsp3) is 0.875. The lowest BCUT2D eigenvalue weighted by Gasteiger charge is -2.61. The van der Waals surface area contributed by atoms with E-state index in [2.05, 4.69) is 117 Å². The Hall–Kier alpha value is -1.64. The van der Waals surface area contributed by atoms with Gasteiger partial charge in [-0.2, -0.15) is 0 Å². The van der Waals surface area contributed by atoms with Crippen molar-refractivity contribution in [3.8, 4) is 0 Å². The molecule has 14 saturated carbocycles. The van der Waals surface area contributed by atoms with Gasteiger partial charge in [-0.25, -0.2) is 0 Å². The van der Waals surface area contributed by atoms with Crippen molar-refractivity contribution < 1.29 is 14.3 Å². The van der Waals surface area contributed by atoms with E-state index in [0.717, 1.165) is 47.8 Å². The maximum Gasteiger partial charge on any atom is 0.302 e. The summed E-state index contributed by atoms with van der Waals surface area (Å²) in [5, 5.41) is 0. The molecular weight excluding hydrogens is 817 g/mol. The van der Waals surface area contributed by atoms with Crippen LogP contribution in [0.2, 0.25) is 0 Å². The van der Waals surface area contributed by atoms with Gasteiger partial charge < -0.3 is 4.74 Å². The molecule has 3 nitrogen and oxygen atoms in total. The third-order valence-electron chi connectivity index (χ3n) is 27.0. The molecule has 4 spiro atoms. The van der Waals surface area contributed by atoms with E-state index in [0.29, 0.717) is 72.5 Å². The summed E-state index contributed by atoms with van der Waals surface area (Å²) in [5.74, 6) is 7.19. The highest BCUT2D eigenvalue weighted by molar-refractivity contribution is 5.93. The molecule has 0 aromatic heterocycles. The third kappa shape index (κ3) is 6.11. The normalized spacial score (nSPS) is 48.1. The largest absolute Gasteiger partial charge is 0.466 e. The number of carbonyl (C=O) groups is 2. The Balaban J connectivity index is 0.000000105. The monoisotopic (exact) mass is 917 g/mol. The predicted molar refractivity (Wildman–Crippen MR) is 277 cm³/mol. The third-order valence-corrected chi connectivity index (χ3v) is 27.0. The number of rotatable bonds is 2. The molecule has 0 aliphatic heterocycles. The average Bonchev–Trinajstić information content (AvgIpc) is 3.95. The first-order valence-electron chi connectivity index (χ1n) is 28.7. The maximum atomic E-state index is 11.9. The summed E-state index contributed by atoms with van der Waals surface area (Å²) in [7, 11) is 0. The molecule has 16 rings (SSSR count). The Bertz CT molecular complexity index is 2150. The number of hydrogen-bond donors (Lipinski definition) is 0. The zero-order valence-electron chi connectivity index (χ0n) is 46.3. The van der Waals surface area contributed by atoms with Crippen LogP contribution in [0.15, 0.2) is 35.5 Å². The van der Waals surface area contributed by atoms with Crippen molar-refractivity contribution in [2.45, 2.75) is 233 Å². The quantitative estimate of drug-likeness (QED) is 0.205. The minimum atomic E-state index is -0.111. The highest BCUT2D eigenvalue weighted by Gasteiger charge is 2.95. The standard InChI is InChI=1S/C18H28O2.C16H26.C15H22O.C15H24/c1-11(19)20-10-12-6-7-15(2,3)17-9-13-8-14(17)18(12,17)16(13,4)5;1-11-13-7-6-12-10-14(13)15(2,3)8-5-9-16(11,12)4;1-13(2)9-11(16)7-12-14(3,4)10-5-6-15(12,13)8-10;1-13(2)8-5-6-12-14(3,4)11-7-9-15(12,13)10-11/h12-14H,6-10H2,1-5H3;12-14H,1,5-10H2,2-4H3;7,10H,5-6,8-9H2,1-4H3;6,11H,5,7-10H2,1-4H3/t;12-,13?,14+,16-;;/m.0../s1. The zero-order chi connectivity index (χ0) is 48.8. The van der Waals surface area contributed by atoms with Gasteiger partial charge in [-0.3, -0.25) is 9.59 Å². The minimum Gasteiger partial charge on any atom is -0.466 e. The van der Waals surface area contributed by atoms with Crippen LogP contribution in [-0.2, 0) is 14.3 Å². The van der Waals surface area contributed by atoms with Crippen LogP contribution in [-0.4, -0.2) is 18.4 Å². The molecule has 67 heavy (non-hydrogen) atoms. The summed E-state index contributed by atoms with van der Waals surface area (Å²) < 4.78 is 5.47. The second kappa shape index (κ2) is 14.7. The van der Waals surface area contributed by atoms with Crippen molar-refractivity contribution in [2.75, 3.05) is 6.61 Å². The zero-order valence-corrected chi connectivity index (χ0v) is 46.3. The molecule has 0 N–H and O–H groups in total. The first-order valence-corrected chi connectivity index (χ1v) is 28.7. The molecule has 14 fully saturated rings. The van der Waals surface area contributed by atoms with Gasteiger partial charge in [-0.1, -0.05) is 140 Å². The molecule has 0 saturated heterocycles. The number of allylic oxidation sites excluding steroid dienone is 5. The second-order valence-corrected chi connectivity index (χ2v) is 31.3. The summed E-state index contributed by atoms with van der Waals surface area (Å²) in [5.41, 5.74) is 10.5. The molecular formula is C64H100O3. The molecule has 12 bridgehead atoms. The summed E-state index contributed by atoms with van der Waals surface area (Å²) >= 11 is 0. The number of ketones is 1. The van der Waals surface area contributed by atoms with Crippen LogP contribution in [0.4, 0.5) is 0 Å². The van der Waals surface area contributed by atoms with Gasteiger partial charge in [0.25, 0.3) is 0 Å². The number of fused-ring (bicyclic) bond motifs is 6. The first kappa shape index (κ1) is 49.0. The van der Waals surface area contributed by atoms with Crippen LogP contribution in [0.5, 0.6) is 0 Å². The van der Waals surface area contributed by atoms with E-state index in [1.807, 2.05) is 11.6 Å². The molecule has 0 amide bonds. The molecule has 13 atom stereocenters. The van der Waals surface area contributed by atoms with E-state index >= 15 is 0 Å². The van der Waals surface area contributed by atoms with E-state index < -0.39 is 0 Å². The smallest absolute Gasteiger partial charge is 0.302 e. The highest BCUT2D eigenvalue weighted by atomic mass is 16.5. The first-order chi connectivity index (χ1) is 30.9. The Kier molecular flexibility index (Phi) is 10.8.